The Hall–Kier alpha value is -0.960. The van der Waals surface area contributed by atoms with Crippen molar-refractivity contribution in [2.24, 2.45) is 0 Å². The first-order valence-electron chi connectivity index (χ1n) is 5.89. The largest absolute Gasteiger partial charge is 0.315 e. The van der Waals surface area contributed by atoms with Gasteiger partial charge in [0.25, 0.3) is 0 Å². The minimum atomic E-state index is 0.559. The van der Waals surface area contributed by atoms with Crippen molar-refractivity contribution in [1.82, 2.24) is 15.3 Å². The average Bonchev–Trinajstić information content (AvgIpc) is 1.95. The molecular weight excluding hydrogens is 186 g/mol. The van der Waals surface area contributed by atoms with Gasteiger partial charge >= 0.3 is 0 Å². The van der Waals surface area contributed by atoms with Crippen LogP contribution in [0.25, 0.3) is 0 Å². The molecule has 3 nitrogen and oxygen atoms in total. The van der Waals surface area contributed by atoms with Crippen LogP contribution < -0.4 is 5.32 Å². The predicted molar refractivity (Wildman–Crippen MR) is 59.0 cm³/mol. The first-order chi connectivity index (χ1) is 7.33. The van der Waals surface area contributed by atoms with Crippen molar-refractivity contribution in [1.29, 1.82) is 0 Å². The number of hydrogen-bond acceptors (Lipinski definition) is 3. The first kappa shape index (κ1) is 9.28. The van der Waals surface area contributed by atoms with E-state index in [1.165, 1.54) is 25.0 Å². The van der Waals surface area contributed by atoms with Crippen LogP contribution in [0.4, 0.5) is 0 Å². The molecule has 1 saturated carbocycles. The molecule has 15 heavy (non-hydrogen) atoms. The Kier molecular flexibility index (Phi) is 2.20. The lowest BCUT2D eigenvalue weighted by Crippen LogP contribution is -2.41. The summed E-state index contributed by atoms with van der Waals surface area (Å²) in [5, 5.41) is 3.28. The molecule has 0 radical (unpaired) electrons. The normalized spacial score (nSPS) is 22.2. The third-order valence-corrected chi connectivity index (χ3v) is 3.56. The van der Waals surface area contributed by atoms with Crippen LogP contribution in [0.15, 0.2) is 6.07 Å². The molecule has 0 amide bonds. The Labute approximate surface area is 90.3 Å². The van der Waals surface area contributed by atoms with E-state index in [4.69, 9.17) is 4.98 Å². The summed E-state index contributed by atoms with van der Waals surface area (Å²) < 4.78 is 0. The number of hydrogen-bond donors (Lipinski definition) is 1. The second kappa shape index (κ2) is 3.56. The Morgan fingerprint density at radius 2 is 2.00 bits per heavy atom. The summed E-state index contributed by atoms with van der Waals surface area (Å²) in [6.45, 7) is 4.18. The molecule has 0 aromatic carbocycles. The molecule has 1 N–H and O–H groups in total. The molecule has 2 fully saturated rings. The van der Waals surface area contributed by atoms with Crippen LogP contribution in [-0.4, -0.2) is 23.1 Å². The van der Waals surface area contributed by atoms with Gasteiger partial charge in [-0.2, -0.15) is 0 Å². The lowest BCUT2D eigenvalue weighted by molar-refractivity contribution is 0.397. The van der Waals surface area contributed by atoms with E-state index in [2.05, 4.69) is 23.3 Å². The maximum Gasteiger partial charge on any atom is 0.134 e. The summed E-state index contributed by atoms with van der Waals surface area (Å²) >= 11 is 0. The quantitative estimate of drug-likeness (QED) is 0.795. The Bertz CT molecular complexity index is 335. The summed E-state index contributed by atoms with van der Waals surface area (Å²) in [4.78, 5) is 9.27. The molecule has 1 aromatic heterocycles. The van der Waals surface area contributed by atoms with Crippen molar-refractivity contribution >= 4 is 0 Å². The fraction of sp³-hybridized carbons (Fsp3) is 0.667. The molecule has 3 rings (SSSR count). The molecule has 0 bridgehead atoms. The molecule has 2 aliphatic rings. The molecule has 80 valence electrons. The van der Waals surface area contributed by atoms with Gasteiger partial charge in [-0.3, -0.25) is 0 Å². The Morgan fingerprint density at radius 3 is 2.53 bits per heavy atom. The first-order valence-corrected chi connectivity index (χ1v) is 5.89. The minimum absolute atomic E-state index is 0.559. The van der Waals surface area contributed by atoms with E-state index in [1.807, 2.05) is 0 Å². The second-order valence-corrected chi connectivity index (χ2v) is 4.78. The van der Waals surface area contributed by atoms with Gasteiger partial charge < -0.3 is 5.32 Å². The van der Waals surface area contributed by atoms with Gasteiger partial charge in [-0.25, -0.2) is 9.97 Å². The van der Waals surface area contributed by atoms with Crippen LogP contribution in [0.2, 0.25) is 0 Å². The van der Waals surface area contributed by atoms with E-state index >= 15 is 0 Å². The lowest BCUT2D eigenvalue weighted by Gasteiger charge is -2.29. The van der Waals surface area contributed by atoms with Crippen molar-refractivity contribution in [2.45, 2.75) is 38.0 Å². The van der Waals surface area contributed by atoms with Gasteiger partial charge in [0.1, 0.15) is 5.82 Å². The van der Waals surface area contributed by atoms with Crippen molar-refractivity contribution in [3.05, 3.63) is 23.3 Å². The molecule has 0 unspecified atom stereocenters. The highest BCUT2D eigenvalue weighted by Gasteiger charge is 2.26. The van der Waals surface area contributed by atoms with Crippen LogP contribution >= 0.6 is 0 Å². The topological polar surface area (TPSA) is 37.8 Å². The third-order valence-electron chi connectivity index (χ3n) is 3.56. The van der Waals surface area contributed by atoms with Gasteiger partial charge in [-0.05, 0) is 25.8 Å². The third kappa shape index (κ3) is 1.65. The lowest BCUT2D eigenvalue weighted by atomic mass is 9.82. The maximum absolute atomic E-state index is 4.73. The fourth-order valence-corrected chi connectivity index (χ4v) is 2.18. The SMILES string of the molecule is Cc1cc(C2CCC2)nc(C2CNC2)n1. The molecule has 0 spiro atoms. The van der Waals surface area contributed by atoms with Crippen molar-refractivity contribution in [3.8, 4) is 0 Å². The standard InChI is InChI=1S/C12H17N3/c1-8-5-11(9-3-2-4-9)15-12(14-8)10-6-13-7-10/h5,9-10,13H,2-4,6-7H2,1H3. The van der Waals surface area contributed by atoms with Crippen LogP contribution in [0.3, 0.4) is 0 Å². The summed E-state index contributed by atoms with van der Waals surface area (Å²) in [6.07, 6.45) is 4.01. The molecule has 3 heteroatoms. The highest BCUT2D eigenvalue weighted by atomic mass is 15.0. The molecule has 2 heterocycles. The summed E-state index contributed by atoms with van der Waals surface area (Å²) in [6, 6.07) is 2.17. The molecule has 1 saturated heterocycles. The average molecular weight is 203 g/mol. The fourth-order valence-electron chi connectivity index (χ4n) is 2.18. The highest BCUT2D eigenvalue weighted by molar-refractivity contribution is 5.19. The van der Waals surface area contributed by atoms with E-state index in [0.717, 1.165) is 30.5 Å². The monoisotopic (exact) mass is 203 g/mol. The van der Waals surface area contributed by atoms with Gasteiger partial charge in [0.05, 0.1) is 0 Å². The molecule has 1 aliphatic heterocycles. The molecule has 1 aliphatic carbocycles. The van der Waals surface area contributed by atoms with E-state index < -0.39 is 0 Å². The zero-order valence-electron chi connectivity index (χ0n) is 9.16. The zero-order chi connectivity index (χ0) is 10.3. The van der Waals surface area contributed by atoms with Crippen molar-refractivity contribution in [2.75, 3.05) is 13.1 Å². The zero-order valence-corrected chi connectivity index (χ0v) is 9.16. The number of aromatic nitrogens is 2. The van der Waals surface area contributed by atoms with Crippen LogP contribution in [0.5, 0.6) is 0 Å². The number of rotatable bonds is 2. The van der Waals surface area contributed by atoms with Gasteiger partial charge in [0.2, 0.25) is 0 Å². The summed E-state index contributed by atoms with van der Waals surface area (Å²) in [7, 11) is 0. The Balaban J connectivity index is 1.89. The summed E-state index contributed by atoms with van der Waals surface area (Å²) in [5.74, 6) is 2.35. The van der Waals surface area contributed by atoms with E-state index in [1.54, 1.807) is 0 Å². The predicted octanol–water partition coefficient (Wildman–Crippen LogP) is 1.74. The second-order valence-electron chi connectivity index (χ2n) is 4.78. The van der Waals surface area contributed by atoms with Crippen LogP contribution in [0.1, 0.15) is 48.3 Å². The van der Waals surface area contributed by atoms with Crippen LogP contribution in [0, 0.1) is 6.92 Å². The van der Waals surface area contributed by atoms with Gasteiger partial charge in [-0.15, -0.1) is 0 Å². The number of aryl methyl sites for hydroxylation is 1. The molecule has 0 atom stereocenters. The van der Waals surface area contributed by atoms with Gasteiger partial charge in [0, 0.05) is 36.3 Å². The van der Waals surface area contributed by atoms with E-state index in [0.29, 0.717) is 5.92 Å². The highest BCUT2D eigenvalue weighted by Crippen LogP contribution is 2.35. The smallest absolute Gasteiger partial charge is 0.134 e. The van der Waals surface area contributed by atoms with Crippen molar-refractivity contribution in [3.63, 3.8) is 0 Å². The van der Waals surface area contributed by atoms with Gasteiger partial charge in [0.15, 0.2) is 0 Å². The van der Waals surface area contributed by atoms with Crippen molar-refractivity contribution < 1.29 is 0 Å². The molecular formula is C12H17N3. The Morgan fingerprint density at radius 1 is 1.20 bits per heavy atom. The summed E-state index contributed by atoms with van der Waals surface area (Å²) in [5.41, 5.74) is 2.42. The maximum atomic E-state index is 4.73. The number of nitrogens with one attached hydrogen (secondary N) is 1. The number of nitrogens with zero attached hydrogens (tertiary/aromatic N) is 2. The molecule has 1 aromatic rings. The van der Waals surface area contributed by atoms with E-state index in [-0.39, 0.29) is 0 Å². The van der Waals surface area contributed by atoms with Crippen LogP contribution in [-0.2, 0) is 0 Å². The van der Waals surface area contributed by atoms with Gasteiger partial charge in [-0.1, -0.05) is 6.42 Å². The minimum Gasteiger partial charge on any atom is -0.315 e. The van der Waals surface area contributed by atoms with E-state index in [9.17, 15) is 0 Å².